The largest absolute Gasteiger partial charge is 0.419 e. The van der Waals surface area contributed by atoms with E-state index < -0.39 is 93.7 Å². The number of imidazole rings is 5. The molecule has 25 nitrogen and oxygen atoms in total. The SMILES string of the molecule is CC1c2ncn(-c3ccc(F)cn3)c2CCN1C(=O)c1ccc(C(C)(C)C)cc1.CC1c2ncn(-c3ccc(F)cn3)c2CCN1C(=O)c1ccc(F)c(Cl)c1Cl.CC1c2ncn(-c3ccc(F)cn3)c2CCN1C(=O)c1cccc(C(F)(F)F)c1F.CC1c2ncn(-c3ccc(F)cn3)c2CCN1C(=O)c1ccccc1F.Cc1c(C(=O)N2CCc3c(ncn3-c3ccc(F)cn3)C2C)cccc1C(F)(F)F. The molecule has 0 saturated heterocycles. The maximum Gasteiger partial charge on any atom is 0.419 e. The first-order chi connectivity index (χ1) is 68.1. The number of carbonyl (C=O) groups is 5. The molecule has 5 aliphatic heterocycles. The normalized spacial score (nSPS) is 16.4. The van der Waals surface area contributed by atoms with Crippen molar-refractivity contribution in [2.45, 2.75) is 142 Å². The van der Waals surface area contributed by atoms with Crippen LogP contribution in [0.2, 0.25) is 10.0 Å². The average molecular weight is 2010 g/mol. The van der Waals surface area contributed by atoms with Gasteiger partial charge < -0.3 is 24.5 Å². The van der Waals surface area contributed by atoms with Gasteiger partial charge in [0, 0.05) is 76.0 Å². The molecule has 0 spiro atoms. The van der Waals surface area contributed by atoms with E-state index in [1.54, 1.807) is 97.6 Å². The van der Waals surface area contributed by atoms with Gasteiger partial charge in [0.05, 0.1) is 156 Å². The van der Waals surface area contributed by atoms with E-state index in [4.69, 9.17) is 23.2 Å². The lowest BCUT2D eigenvalue weighted by Crippen LogP contribution is -2.40. The quantitative estimate of drug-likeness (QED) is 0.0911. The number of halogens is 16. The first-order valence-corrected chi connectivity index (χ1v) is 45.8. The summed E-state index contributed by atoms with van der Waals surface area (Å²) in [4.78, 5) is 115. The predicted octanol–water partition coefficient (Wildman–Crippen LogP) is 21.2. The van der Waals surface area contributed by atoms with E-state index in [1.807, 2.05) is 54.5 Å². The van der Waals surface area contributed by atoms with Crippen molar-refractivity contribution in [1.29, 1.82) is 0 Å². The molecule has 0 bridgehead atoms. The van der Waals surface area contributed by atoms with Crippen LogP contribution in [0.4, 0.5) is 61.5 Å². The summed E-state index contributed by atoms with van der Waals surface area (Å²) in [5, 5.41) is -0.379. The lowest BCUT2D eigenvalue weighted by molar-refractivity contribution is -0.140. The Morgan fingerprint density at radius 2 is 0.601 bits per heavy atom. The minimum absolute atomic E-state index is 0.0121. The first-order valence-electron chi connectivity index (χ1n) is 45.0. The van der Waals surface area contributed by atoms with Crippen molar-refractivity contribution in [1.82, 2.24) is 97.2 Å². The Labute approximate surface area is 819 Å². The van der Waals surface area contributed by atoms with Gasteiger partial charge in [0.15, 0.2) is 0 Å². The third-order valence-corrected chi connectivity index (χ3v) is 26.5. The number of amides is 5. The summed E-state index contributed by atoms with van der Waals surface area (Å²) in [6, 6.07) is 35.2. The second-order valence-electron chi connectivity index (χ2n) is 35.2. The Morgan fingerprint density at radius 3 is 0.916 bits per heavy atom. The molecular formula is C102H88Cl2F14N20O5. The Balaban J connectivity index is 0.000000128. The zero-order valence-electron chi connectivity index (χ0n) is 77.8. The molecule has 0 N–H and O–H groups in total. The standard InChI is InChI=1S/C23H25FN4O.C21H18F4N4O.C20H15F5N4O.C19H14Cl2F2N4O.C19H16F2N4O/c1-15-21-19(28(14-26-21)20-10-9-18(24)13-25-20)11-12-27(15)22(29)16-5-7-17(8-6-16)23(2,3)4;1-12-15(4-3-5-16(12)21(23,24)25)20(30)28-9-8-17-19(13(28)2)27-11-29(17)18-7-6-14(22)10-26-18;1-11-18-15(29(10-27-18)16-6-5-12(21)9-26-16)7-8-28(11)19(30)13-3-2-4-14(17(13)22)20(23,24)25;1-10-18-14(27(9-25-18)15-5-2-11(22)8-24-15)6-7-26(10)19(28)12-3-4-13(23)17(21)16(12)20;1-12-18-16(25(11-23-18)17-7-6-13(20)10-22-17)8-9-24(12)19(26)14-4-2-3-5-15(14)21/h5-10,13-15H,11-12H2,1-4H3;3-7,10-11,13H,8-9H2,1-2H3;2-6,9-11H,7-8H2,1H3;2-5,8-10H,6-7H2,1H3;2-7,10-12H,8-9H2,1H3. The maximum absolute atomic E-state index is 14.4. The highest BCUT2D eigenvalue weighted by molar-refractivity contribution is 6.44. The van der Waals surface area contributed by atoms with Crippen LogP contribution < -0.4 is 0 Å². The molecule has 20 rings (SSSR count). The van der Waals surface area contributed by atoms with Crippen LogP contribution in [0.5, 0.6) is 0 Å². The van der Waals surface area contributed by atoms with Crippen LogP contribution in [0.25, 0.3) is 29.1 Å². The molecule has 5 amide bonds. The van der Waals surface area contributed by atoms with Gasteiger partial charge in [0.1, 0.15) is 107 Å². The minimum atomic E-state index is -4.90. The number of pyridine rings is 5. The number of nitrogens with zero attached hydrogens (tertiary/aromatic N) is 20. The molecule has 0 fully saturated rings. The number of fused-ring (bicyclic) bond motifs is 5. The molecule has 5 aromatic carbocycles. The Hall–Kier alpha value is -15.2. The summed E-state index contributed by atoms with van der Waals surface area (Å²) in [6.45, 7) is 18.9. The second-order valence-corrected chi connectivity index (χ2v) is 36.0. The molecule has 143 heavy (non-hydrogen) atoms. The molecule has 0 saturated carbocycles. The monoisotopic (exact) mass is 2010 g/mol. The number of hydrogen-bond donors (Lipinski definition) is 0. The second kappa shape index (κ2) is 41.2. The Bertz CT molecular complexity index is 7100. The number of benzene rings is 5. The van der Waals surface area contributed by atoms with Gasteiger partial charge in [0.2, 0.25) is 0 Å². The molecule has 0 aliphatic carbocycles. The molecular weight excluding hydrogens is 1920 g/mol. The van der Waals surface area contributed by atoms with Gasteiger partial charge in [-0.2, -0.15) is 26.3 Å². The molecule has 5 unspecified atom stereocenters. The summed E-state index contributed by atoms with van der Waals surface area (Å²) >= 11 is 11.9. The van der Waals surface area contributed by atoms with Gasteiger partial charge in [-0.15, -0.1) is 0 Å². The van der Waals surface area contributed by atoms with Gasteiger partial charge >= 0.3 is 12.4 Å². The lowest BCUT2D eigenvalue weighted by atomic mass is 9.86. The van der Waals surface area contributed by atoms with E-state index >= 15 is 0 Å². The highest BCUT2D eigenvalue weighted by Gasteiger charge is 2.43. The van der Waals surface area contributed by atoms with Crippen molar-refractivity contribution in [3.63, 3.8) is 0 Å². The van der Waals surface area contributed by atoms with Gasteiger partial charge in [-0.25, -0.2) is 85.0 Å². The van der Waals surface area contributed by atoms with Crippen molar-refractivity contribution in [3.05, 3.63) is 384 Å². The van der Waals surface area contributed by atoms with Crippen molar-refractivity contribution in [2.24, 2.45) is 0 Å². The van der Waals surface area contributed by atoms with Crippen molar-refractivity contribution >= 4 is 52.7 Å². The van der Waals surface area contributed by atoms with Crippen LogP contribution in [0.15, 0.2) is 220 Å². The van der Waals surface area contributed by atoms with Crippen LogP contribution in [-0.2, 0) is 49.9 Å². The molecule has 5 aliphatic rings. The number of aromatic nitrogens is 15. The predicted molar refractivity (Wildman–Crippen MR) is 498 cm³/mol. The Morgan fingerprint density at radius 1 is 0.308 bits per heavy atom. The maximum atomic E-state index is 14.4. The van der Waals surface area contributed by atoms with Gasteiger partial charge in [-0.1, -0.05) is 80.4 Å². The van der Waals surface area contributed by atoms with Gasteiger partial charge in [0.25, 0.3) is 29.5 Å². The summed E-state index contributed by atoms with van der Waals surface area (Å²) in [5.74, 6) is -4.22. The molecule has 10 aromatic heterocycles. The third-order valence-electron chi connectivity index (χ3n) is 25.6. The van der Waals surface area contributed by atoms with E-state index in [0.717, 1.165) is 94.6 Å². The van der Waals surface area contributed by atoms with E-state index in [0.29, 0.717) is 110 Å². The summed E-state index contributed by atoms with van der Waals surface area (Å²) < 4.78 is 195. The number of rotatable bonds is 10. The minimum Gasteiger partial charge on any atom is -0.330 e. The van der Waals surface area contributed by atoms with Gasteiger partial charge in [-0.05, 0) is 179 Å². The average Bonchev–Trinajstić information content (AvgIpc) is 1.71. The fourth-order valence-corrected chi connectivity index (χ4v) is 18.4. The van der Waals surface area contributed by atoms with Crippen LogP contribution in [-0.4, -0.2) is 159 Å². The van der Waals surface area contributed by atoms with Crippen LogP contribution in [0.3, 0.4) is 0 Å². The van der Waals surface area contributed by atoms with Crippen molar-refractivity contribution in [3.8, 4) is 29.1 Å². The smallest absolute Gasteiger partial charge is 0.330 e. The van der Waals surface area contributed by atoms with Crippen LogP contribution in [0.1, 0.15) is 217 Å². The Kier molecular flexibility index (Phi) is 29.0. The molecule has 0 radical (unpaired) electrons. The molecule has 5 atom stereocenters. The van der Waals surface area contributed by atoms with E-state index in [9.17, 15) is 85.4 Å². The van der Waals surface area contributed by atoms with E-state index in [1.165, 1.54) is 108 Å². The van der Waals surface area contributed by atoms with Crippen LogP contribution in [0, 0.1) is 53.5 Å². The summed E-state index contributed by atoms with van der Waals surface area (Å²) in [7, 11) is 0. The fraction of sp³-hybridized carbons (Fsp3) is 0.265. The summed E-state index contributed by atoms with van der Waals surface area (Å²) in [6.07, 6.45) is 6.75. The third kappa shape index (κ3) is 20.7. The number of alkyl halides is 6. The lowest BCUT2D eigenvalue weighted by Gasteiger charge is -2.34. The molecule has 738 valence electrons. The fourth-order valence-electron chi connectivity index (χ4n) is 18.0. The zero-order chi connectivity index (χ0) is 102. The zero-order valence-corrected chi connectivity index (χ0v) is 79.3. The van der Waals surface area contributed by atoms with E-state index in [-0.39, 0.29) is 85.9 Å². The van der Waals surface area contributed by atoms with Crippen LogP contribution >= 0.6 is 23.2 Å². The van der Waals surface area contributed by atoms with Gasteiger partial charge in [-0.3, -0.25) is 46.8 Å². The number of hydrogen-bond acceptors (Lipinski definition) is 15. The topological polar surface area (TPSA) is 255 Å². The molecule has 15 aromatic rings. The molecule has 15 heterocycles. The first kappa shape index (κ1) is 101. The highest BCUT2D eigenvalue weighted by Crippen LogP contribution is 2.42. The highest BCUT2D eigenvalue weighted by atomic mass is 35.5. The molecule has 41 heteroatoms. The van der Waals surface area contributed by atoms with Crippen molar-refractivity contribution in [2.75, 3.05) is 32.7 Å². The number of carbonyl (C=O) groups excluding carboxylic acids is 5. The summed E-state index contributed by atoms with van der Waals surface area (Å²) in [5.41, 5.74) is 7.06. The van der Waals surface area contributed by atoms with Crippen molar-refractivity contribution < 1.29 is 85.4 Å². The van der Waals surface area contributed by atoms with E-state index in [2.05, 4.69) is 70.6 Å².